The van der Waals surface area contributed by atoms with E-state index in [2.05, 4.69) is 0 Å². The van der Waals surface area contributed by atoms with Crippen molar-refractivity contribution in [3.05, 3.63) is 17.0 Å². The van der Waals surface area contributed by atoms with Crippen LogP contribution in [0.1, 0.15) is 24.6 Å². The van der Waals surface area contributed by atoms with Crippen LogP contribution in [-0.2, 0) is 16.4 Å². The van der Waals surface area contributed by atoms with Crippen LogP contribution >= 0.6 is 11.3 Å². The van der Waals surface area contributed by atoms with E-state index in [1.54, 1.807) is 6.07 Å². The molecule has 2 rings (SSSR count). The minimum atomic E-state index is -3.31. The molecule has 1 saturated heterocycles. The van der Waals surface area contributed by atoms with Crippen LogP contribution in [0.2, 0.25) is 0 Å². The lowest BCUT2D eigenvalue weighted by atomic mass is 10.1. The van der Waals surface area contributed by atoms with Gasteiger partial charge in [0.05, 0.1) is 0 Å². The topological polar surface area (TPSA) is 63.4 Å². The molecule has 1 aliphatic rings. The van der Waals surface area contributed by atoms with E-state index in [0.717, 1.165) is 24.1 Å². The van der Waals surface area contributed by atoms with E-state index in [-0.39, 0.29) is 6.04 Å². The Hall–Kier alpha value is -0.430. The number of hydrogen-bond acceptors (Lipinski definition) is 4. The van der Waals surface area contributed by atoms with Crippen LogP contribution in [0.3, 0.4) is 0 Å². The molecule has 1 atom stereocenters. The summed E-state index contributed by atoms with van der Waals surface area (Å²) in [5.41, 5.74) is 5.83. The van der Waals surface area contributed by atoms with E-state index >= 15 is 0 Å². The molecule has 0 amide bonds. The zero-order valence-corrected chi connectivity index (χ0v) is 11.6. The maximum atomic E-state index is 12.3. The zero-order chi connectivity index (χ0) is 12.5. The van der Waals surface area contributed by atoms with Crippen molar-refractivity contribution in [1.82, 2.24) is 4.31 Å². The lowest BCUT2D eigenvalue weighted by Crippen LogP contribution is -2.45. The molecule has 2 heterocycles. The molecule has 0 aromatic carbocycles. The van der Waals surface area contributed by atoms with Crippen molar-refractivity contribution in [1.29, 1.82) is 0 Å². The predicted octanol–water partition coefficient (Wildman–Crippen LogP) is 1.42. The molecule has 1 unspecified atom stereocenters. The normalized spacial score (nSPS) is 22.8. The highest BCUT2D eigenvalue weighted by molar-refractivity contribution is 7.91. The first-order chi connectivity index (χ1) is 8.04. The molecule has 6 heteroatoms. The van der Waals surface area contributed by atoms with Gasteiger partial charge in [0.1, 0.15) is 4.21 Å². The first-order valence-corrected chi connectivity index (χ1v) is 8.14. The van der Waals surface area contributed by atoms with Gasteiger partial charge >= 0.3 is 0 Å². The Morgan fingerprint density at radius 2 is 2.29 bits per heavy atom. The zero-order valence-electron chi connectivity index (χ0n) is 9.93. The summed E-state index contributed by atoms with van der Waals surface area (Å²) in [5.74, 6) is 0. The average Bonchev–Trinajstić information content (AvgIpc) is 2.78. The second-order valence-electron chi connectivity index (χ2n) is 4.34. The van der Waals surface area contributed by atoms with E-state index in [4.69, 9.17) is 5.73 Å². The van der Waals surface area contributed by atoms with Crippen molar-refractivity contribution in [3.63, 3.8) is 0 Å². The maximum Gasteiger partial charge on any atom is 0.252 e. The Bertz CT molecular complexity index is 481. The van der Waals surface area contributed by atoms with Crippen molar-refractivity contribution in [2.45, 2.75) is 36.4 Å². The highest BCUT2D eigenvalue weighted by atomic mass is 32.2. The van der Waals surface area contributed by atoms with Gasteiger partial charge in [0.15, 0.2) is 0 Å². The van der Waals surface area contributed by atoms with E-state index in [1.165, 1.54) is 15.6 Å². The number of piperidine rings is 1. The van der Waals surface area contributed by atoms with E-state index in [0.29, 0.717) is 17.3 Å². The molecule has 1 aromatic rings. The van der Waals surface area contributed by atoms with E-state index < -0.39 is 10.0 Å². The van der Waals surface area contributed by atoms with Gasteiger partial charge in [0.2, 0.25) is 0 Å². The van der Waals surface area contributed by atoms with Crippen LogP contribution in [-0.4, -0.2) is 31.9 Å². The summed E-state index contributed by atoms with van der Waals surface area (Å²) in [4.78, 5) is 1.10. The standard InChI is InChI=1S/C11H18N2O2S2/c1-2-10-5-6-11(16-10)17(14,15)13-7-3-4-9(12)8-13/h5-6,9H,2-4,7-8,12H2,1H3. The van der Waals surface area contributed by atoms with Gasteiger partial charge < -0.3 is 5.73 Å². The number of hydrogen-bond donors (Lipinski definition) is 1. The maximum absolute atomic E-state index is 12.3. The lowest BCUT2D eigenvalue weighted by Gasteiger charge is -2.29. The Morgan fingerprint density at radius 1 is 1.53 bits per heavy atom. The second kappa shape index (κ2) is 5.06. The summed E-state index contributed by atoms with van der Waals surface area (Å²) in [5, 5.41) is 0. The Labute approximate surface area is 106 Å². The van der Waals surface area contributed by atoms with Crippen molar-refractivity contribution < 1.29 is 8.42 Å². The summed E-state index contributed by atoms with van der Waals surface area (Å²) in [7, 11) is -3.31. The minimum Gasteiger partial charge on any atom is -0.327 e. The monoisotopic (exact) mass is 274 g/mol. The largest absolute Gasteiger partial charge is 0.327 e. The van der Waals surface area contributed by atoms with E-state index in [9.17, 15) is 8.42 Å². The first-order valence-electron chi connectivity index (χ1n) is 5.88. The molecule has 0 bridgehead atoms. The fourth-order valence-corrected chi connectivity index (χ4v) is 4.99. The minimum absolute atomic E-state index is 0.0240. The smallest absolute Gasteiger partial charge is 0.252 e. The summed E-state index contributed by atoms with van der Waals surface area (Å²) in [6.45, 7) is 3.07. The molecular weight excluding hydrogens is 256 g/mol. The van der Waals surface area contributed by atoms with Gasteiger partial charge in [-0.2, -0.15) is 4.31 Å². The van der Waals surface area contributed by atoms with Crippen LogP contribution in [0.5, 0.6) is 0 Å². The number of thiophene rings is 1. The number of rotatable bonds is 3. The Balaban J connectivity index is 2.23. The van der Waals surface area contributed by atoms with Gasteiger partial charge in [0, 0.05) is 24.0 Å². The quantitative estimate of drug-likeness (QED) is 0.906. The van der Waals surface area contributed by atoms with E-state index in [1.807, 2.05) is 13.0 Å². The molecule has 0 radical (unpaired) electrons. The third-order valence-electron chi connectivity index (χ3n) is 3.00. The molecule has 0 aliphatic carbocycles. The molecule has 0 saturated carbocycles. The van der Waals surface area contributed by atoms with Gasteiger partial charge in [-0.3, -0.25) is 0 Å². The van der Waals surface area contributed by atoms with Gasteiger partial charge in [-0.25, -0.2) is 8.42 Å². The summed E-state index contributed by atoms with van der Waals surface area (Å²) >= 11 is 1.36. The summed E-state index contributed by atoms with van der Waals surface area (Å²) < 4.78 is 26.7. The van der Waals surface area contributed by atoms with Crippen LogP contribution in [0.25, 0.3) is 0 Å². The van der Waals surface area contributed by atoms with Gasteiger partial charge in [-0.05, 0) is 31.4 Å². The lowest BCUT2D eigenvalue weighted by molar-refractivity contribution is 0.316. The molecule has 1 fully saturated rings. The predicted molar refractivity (Wildman–Crippen MR) is 69.7 cm³/mol. The van der Waals surface area contributed by atoms with Crippen molar-refractivity contribution >= 4 is 21.4 Å². The fraction of sp³-hybridized carbons (Fsp3) is 0.636. The van der Waals surface area contributed by atoms with Gasteiger partial charge in [-0.1, -0.05) is 6.92 Å². The highest BCUT2D eigenvalue weighted by Gasteiger charge is 2.29. The van der Waals surface area contributed by atoms with Gasteiger partial charge in [0.25, 0.3) is 10.0 Å². The molecule has 96 valence electrons. The number of aryl methyl sites for hydroxylation is 1. The van der Waals surface area contributed by atoms with Crippen molar-refractivity contribution in [2.24, 2.45) is 5.73 Å². The number of nitrogens with two attached hydrogens (primary N) is 1. The molecule has 17 heavy (non-hydrogen) atoms. The Kier molecular flexibility index (Phi) is 3.87. The molecule has 1 aliphatic heterocycles. The second-order valence-corrected chi connectivity index (χ2v) is 7.67. The fourth-order valence-electron chi connectivity index (χ4n) is 2.01. The number of sulfonamides is 1. The molecule has 4 nitrogen and oxygen atoms in total. The average molecular weight is 274 g/mol. The van der Waals surface area contributed by atoms with Crippen molar-refractivity contribution in [2.75, 3.05) is 13.1 Å². The highest BCUT2D eigenvalue weighted by Crippen LogP contribution is 2.26. The summed E-state index contributed by atoms with van der Waals surface area (Å²) in [6.07, 6.45) is 2.64. The van der Waals surface area contributed by atoms with Gasteiger partial charge in [-0.15, -0.1) is 11.3 Å². The molecular formula is C11H18N2O2S2. The van der Waals surface area contributed by atoms with Crippen LogP contribution in [0.4, 0.5) is 0 Å². The van der Waals surface area contributed by atoms with Crippen LogP contribution in [0, 0.1) is 0 Å². The first kappa shape index (κ1) is 13.0. The Morgan fingerprint density at radius 3 is 2.88 bits per heavy atom. The number of nitrogens with zero attached hydrogens (tertiary/aromatic N) is 1. The third-order valence-corrected chi connectivity index (χ3v) is 6.56. The van der Waals surface area contributed by atoms with Crippen molar-refractivity contribution in [3.8, 4) is 0 Å². The van der Waals surface area contributed by atoms with Crippen LogP contribution < -0.4 is 5.73 Å². The summed E-state index contributed by atoms with van der Waals surface area (Å²) in [6, 6.07) is 3.57. The molecule has 2 N–H and O–H groups in total. The SMILES string of the molecule is CCc1ccc(S(=O)(=O)N2CCCC(N)C2)s1. The third kappa shape index (κ3) is 2.70. The molecule has 0 spiro atoms. The van der Waals surface area contributed by atoms with Crippen LogP contribution in [0.15, 0.2) is 16.3 Å². The molecule has 1 aromatic heterocycles.